The molecule has 0 aromatic heterocycles. The lowest BCUT2D eigenvalue weighted by Gasteiger charge is -2.07. The Labute approximate surface area is 79.8 Å². The Balaban J connectivity index is 3.02. The van der Waals surface area contributed by atoms with Crippen LogP contribution in [0.5, 0.6) is 0 Å². The molecule has 0 saturated heterocycles. The Morgan fingerprint density at radius 1 is 1.57 bits per heavy atom. The number of halogens is 1. The highest BCUT2D eigenvalue weighted by Crippen LogP contribution is 2.15. The zero-order valence-corrected chi connectivity index (χ0v) is 7.27. The Hall–Kier alpha value is -1.46. The zero-order chi connectivity index (χ0) is 10.7. The van der Waals surface area contributed by atoms with Crippen molar-refractivity contribution in [2.24, 2.45) is 5.73 Å². The molecule has 14 heavy (non-hydrogen) atoms. The number of rotatable bonds is 3. The number of nitrogens with two attached hydrogens (primary N) is 1. The van der Waals surface area contributed by atoms with Gasteiger partial charge in [-0.15, -0.1) is 0 Å². The van der Waals surface area contributed by atoms with Crippen LogP contribution in [0.4, 0.5) is 4.39 Å². The van der Waals surface area contributed by atoms with Crippen LogP contribution in [0.1, 0.15) is 17.2 Å². The quantitative estimate of drug-likeness (QED) is 0.658. The lowest BCUT2D eigenvalue weighted by Crippen LogP contribution is -2.20. The van der Waals surface area contributed by atoms with Gasteiger partial charge in [0, 0.05) is 5.56 Å². The van der Waals surface area contributed by atoms with Gasteiger partial charge in [-0.05, 0) is 11.6 Å². The second-order valence-corrected chi connectivity index (χ2v) is 2.82. The van der Waals surface area contributed by atoms with Crippen molar-refractivity contribution in [3.8, 4) is 0 Å². The predicted octanol–water partition coefficient (Wildman–Crippen LogP) is 0.402. The average molecular weight is 199 g/mol. The van der Waals surface area contributed by atoms with Gasteiger partial charge in [-0.2, -0.15) is 0 Å². The van der Waals surface area contributed by atoms with E-state index in [0.29, 0.717) is 0 Å². The molecule has 0 aliphatic carbocycles. The Morgan fingerprint density at radius 3 is 2.64 bits per heavy atom. The van der Waals surface area contributed by atoms with Crippen LogP contribution in [0.2, 0.25) is 0 Å². The fraction of sp³-hybridized carbons (Fsp3) is 0.222. The number of carboxylic acids is 1. The van der Waals surface area contributed by atoms with E-state index >= 15 is 0 Å². The molecule has 1 aromatic carbocycles. The Morgan fingerprint density at radius 2 is 2.21 bits per heavy atom. The molecule has 1 rings (SSSR count). The molecule has 0 aliphatic rings. The first-order valence-electron chi connectivity index (χ1n) is 3.94. The van der Waals surface area contributed by atoms with E-state index in [1.807, 2.05) is 0 Å². The van der Waals surface area contributed by atoms with Crippen LogP contribution in [-0.4, -0.2) is 16.2 Å². The number of carboxylic acid groups (broad SMARTS) is 1. The Kier molecular flexibility index (Phi) is 3.16. The monoisotopic (exact) mass is 199 g/mol. The second-order valence-electron chi connectivity index (χ2n) is 2.82. The van der Waals surface area contributed by atoms with Gasteiger partial charge in [0.15, 0.2) is 0 Å². The average Bonchev–Trinajstić information content (AvgIpc) is 2.16. The molecule has 0 amide bonds. The first-order chi connectivity index (χ1) is 6.56. The normalized spacial score (nSPS) is 12.5. The lowest BCUT2D eigenvalue weighted by molar-refractivity contribution is -0.138. The van der Waals surface area contributed by atoms with E-state index < -0.39 is 24.4 Å². The van der Waals surface area contributed by atoms with E-state index in [1.54, 1.807) is 0 Å². The minimum atomic E-state index is -1.24. The summed E-state index contributed by atoms with van der Waals surface area (Å²) in [5.41, 5.74) is 5.56. The van der Waals surface area contributed by atoms with Crippen LogP contribution in [0.3, 0.4) is 0 Å². The predicted molar refractivity (Wildman–Crippen MR) is 46.9 cm³/mol. The topological polar surface area (TPSA) is 83.6 Å². The smallest absolute Gasteiger partial charge is 0.325 e. The molecule has 5 heteroatoms. The van der Waals surface area contributed by atoms with Crippen molar-refractivity contribution in [2.75, 3.05) is 0 Å². The van der Waals surface area contributed by atoms with Gasteiger partial charge in [0.2, 0.25) is 0 Å². The van der Waals surface area contributed by atoms with Gasteiger partial charge in [0.1, 0.15) is 11.9 Å². The van der Waals surface area contributed by atoms with Crippen molar-refractivity contribution in [2.45, 2.75) is 12.6 Å². The van der Waals surface area contributed by atoms with Crippen LogP contribution < -0.4 is 5.73 Å². The van der Waals surface area contributed by atoms with E-state index in [9.17, 15) is 9.18 Å². The summed E-state index contributed by atoms with van der Waals surface area (Å²) in [6, 6.07) is 2.47. The maximum absolute atomic E-state index is 13.1. The highest BCUT2D eigenvalue weighted by Gasteiger charge is 2.15. The number of aliphatic hydroxyl groups is 1. The van der Waals surface area contributed by atoms with Gasteiger partial charge in [0.05, 0.1) is 6.61 Å². The summed E-state index contributed by atoms with van der Waals surface area (Å²) in [7, 11) is 0. The van der Waals surface area contributed by atoms with Crippen molar-refractivity contribution in [3.05, 3.63) is 35.1 Å². The molecule has 0 aliphatic heterocycles. The maximum Gasteiger partial charge on any atom is 0.325 e. The molecule has 0 fully saturated rings. The third-order valence-electron chi connectivity index (χ3n) is 1.87. The van der Waals surface area contributed by atoms with Gasteiger partial charge in [0.25, 0.3) is 0 Å². The largest absolute Gasteiger partial charge is 0.480 e. The number of hydrogen-bond donors (Lipinski definition) is 3. The Bertz CT molecular complexity index is 354. The van der Waals surface area contributed by atoms with Crippen molar-refractivity contribution in [1.29, 1.82) is 0 Å². The molecule has 0 saturated carbocycles. The van der Waals surface area contributed by atoms with Crippen LogP contribution in [-0.2, 0) is 11.4 Å². The lowest BCUT2D eigenvalue weighted by atomic mass is 10.1. The number of carbonyl (C=O) groups is 1. The summed E-state index contributed by atoms with van der Waals surface area (Å²) < 4.78 is 13.1. The molecule has 4 N–H and O–H groups in total. The summed E-state index contributed by atoms with van der Waals surface area (Å²) in [5, 5.41) is 17.2. The van der Waals surface area contributed by atoms with Gasteiger partial charge >= 0.3 is 5.97 Å². The number of aliphatic carboxylic acids is 1. The molecule has 1 atom stereocenters. The van der Waals surface area contributed by atoms with E-state index in [4.69, 9.17) is 15.9 Å². The standard InChI is InChI=1S/C9H10FNO3/c10-7-3-5(8(11)9(13)14)1-2-6(7)4-12/h1-3,8,12H,4,11H2,(H,13,14). The SMILES string of the molecule is NC(C(=O)O)c1ccc(CO)c(F)c1. The van der Waals surface area contributed by atoms with Crippen molar-refractivity contribution < 1.29 is 19.4 Å². The number of aliphatic hydroxyl groups excluding tert-OH is 1. The van der Waals surface area contributed by atoms with Crippen LogP contribution in [0.15, 0.2) is 18.2 Å². The molecular formula is C9H10FNO3. The molecule has 76 valence electrons. The summed E-state index contributed by atoms with van der Waals surface area (Å²) in [5.74, 6) is -1.87. The van der Waals surface area contributed by atoms with Crippen LogP contribution in [0, 0.1) is 5.82 Å². The summed E-state index contributed by atoms with van der Waals surface area (Å²) in [4.78, 5) is 10.5. The summed E-state index contributed by atoms with van der Waals surface area (Å²) in [6.07, 6.45) is 0. The number of benzene rings is 1. The molecule has 0 spiro atoms. The fourth-order valence-corrected chi connectivity index (χ4v) is 1.03. The molecule has 0 radical (unpaired) electrons. The molecular weight excluding hydrogens is 189 g/mol. The summed E-state index contributed by atoms with van der Waals surface area (Å²) in [6.45, 7) is -0.422. The molecule has 4 nitrogen and oxygen atoms in total. The zero-order valence-electron chi connectivity index (χ0n) is 7.27. The highest BCUT2D eigenvalue weighted by molar-refractivity contribution is 5.75. The van der Waals surface area contributed by atoms with Crippen molar-refractivity contribution >= 4 is 5.97 Å². The maximum atomic E-state index is 13.1. The van der Waals surface area contributed by atoms with E-state index in [-0.39, 0.29) is 11.1 Å². The molecule has 0 bridgehead atoms. The van der Waals surface area contributed by atoms with Crippen molar-refractivity contribution in [3.63, 3.8) is 0 Å². The van der Waals surface area contributed by atoms with Crippen LogP contribution >= 0.6 is 0 Å². The summed E-state index contributed by atoms with van der Waals surface area (Å²) >= 11 is 0. The minimum absolute atomic E-state index is 0.117. The van der Waals surface area contributed by atoms with Gasteiger partial charge < -0.3 is 15.9 Å². The van der Waals surface area contributed by atoms with Gasteiger partial charge in [-0.1, -0.05) is 12.1 Å². The molecule has 1 aromatic rings. The third-order valence-corrected chi connectivity index (χ3v) is 1.87. The third kappa shape index (κ3) is 2.07. The van der Waals surface area contributed by atoms with Crippen LogP contribution in [0.25, 0.3) is 0 Å². The van der Waals surface area contributed by atoms with E-state index in [1.165, 1.54) is 12.1 Å². The van der Waals surface area contributed by atoms with E-state index in [0.717, 1.165) is 6.07 Å². The fourth-order valence-electron chi connectivity index (χ4n) is 1.03. The first-order valence-corrected chi connectivity index (χ1v) is 3.94. The van der Waals surface area contributed by atoms with Crippen molar-refractivity contribution in [1.82, 2.24) is 0 Å². The second kappa shape index (κ2) is 4.17. The molecule has 0 heterocycles. The molecule has 1 unspecified atom stereocenters. The van der Waals surface area contributed by atoms with Gasteiger partial charge in [-0.25, -0.2) is 4.39 Å². The highest BCUT2D eigenvalue weighted by atomic mass is 19.1. The van der Waals surface area contributed by atoms with Gasteiger partial charge in [-0.3, -0.25) is 4.79 Å². The first kappa shape index (κ1) is 10.6. The number of hydrogen-bond acceptors (Lipinski definition) is 3. The van der Waals surface area contributed by atoms with E-state index in [2.05, 4.69) is 0 Å². The minimum Gasteiger partial charge on any atom is -0.480 e.